The highest BCUT2D eigenvalue weighted by Crippen LogP contribution is 2.48. The van der Waals surface area contributed by atoms with Crippen LogP contribution in [0, 0.1) is 6.92 Å². The van der Waals surface area contributed by atoms with Crippen LogP contribution in [-0.4, -0.2) is 18.8 Å². The summed E-state index contributed by atoms with van der Waals surface area (Å²) >= 11 is 0. The lowest BCUT2D eigenvalue weighted by Gasteiger charge is -2.20. The minimum absolute atomic E-state index is 0.305. The largest absolute Gasteiger partial charge is 0.260 e. The molecule has 0 N–H and O–H groups in total. The van der Waals surface area contributed by atoms with Crippen LogP contribution in [0.4, 0.5) is 5.69 Å². The van der Waals surface area contributed by atoms with E-state index >= 15 is 0 Å². The Balaban J connectivity index is 1.92. The van der Waals surface area contributed by atoms with E-state index in [0.29, 0.717) is 10.6 Å². The van der Waals surface area contributed by atoms with Gasteiger partial charge in [0.2, 0.25) is 15.2 Å². The fraction of sp³-hybridized carbons (Fsp3) is 0.214. The Hall–Kier alpha value is -2.28. The number of hydrogen-bond acceptors (Lipinski definition) is 6. The van der Waals surface area contributed by atoms with E-state index in [-0.39, 0.29) is 0 Å². The number of rotatable bonds is 1. The maximum atomic E-state index is 12.6. The van der Waals surface area contributed by atoms with Crippen molar-refractivity contribution in [3.05, 3.63) is 53.9 Å². The van der Waals surface area contributed by atoms with Crippen LogP contribution in [0.5, 0.6) is 0 Å². The topological polar surface area (TPSA) is 75.0 Å². The molecule has 1 aromatic carbocycles. The van der Waals surface area contributed by atoms with E-state index in [4.69, 9.17) is 0 Å². The van der Waals surface area contributed by atoms with Gasteiger partial charge in [0, 0.05) is 11.8 Å². The van der Waals surface area contributed by atoms with Gasteiger partial charge in [0.1, 0.15) is 6.04 Å². The smallest absolute Gasteiger partial charge is 0.207 e. The second kappa shape index (κ2) is 4.11. The van der Waals surface area contributed by atoms with Gasteiger partial charge in [-0.15, -0.1) is 5.11 Å². The number of benzene rings is 1. The second-order valence-corrected chi connectivity index (χ2v) is 7.06. The molecule has 2 aromatic rings. The minimum Gasteiger partial charge on any atom is -0.260 e. The molecule has 0 saturated carbocycles. The van der Waals surface area contributed by atoms with E-state index in [2.05, 4.69) is 15.3 Å². The van der Waals surface area contributed by atoms with Crippen LogP contribution in [-0.2, 0) is 9.84 Å². The molecule has 0 spiro atoms. The summed E-state index contributed by atoms with van der Waals surface area (Å²) in [5.41, 5.74) is 2.07. The van der Waals surface area contributed by atoms with Crippen LogP contribution in [0.2, 0.25) is 0 Å². The number of fused-ring (bicyclic) bond motifs is 3. The molecule has 106 valence electrons. The summed E-state index contributed by atoms with van der Waals surface area (Å²) < 4.78 is 25.3. The highest BCUT2D eigenvalue weighted by molar-refractivity contribution is 7.92. The van der Waals surface area contributed by atoms with Gasteiger partial charge in [-0.2, -0.15) is 0 Å². The molecule has 0 bridgehead atoms. The summed E-state index contributed by atoms with van der Waals surface area (Å²) in [6, 6.07) is 10.8. The van der Waals surface area contributed by atoms with E-state index in [1.54, 1.807) is 24.2 Å². The lowest BCUT2D eigenvalue weighted by atomic mass is 10.1. The van der Waals surface area contributed by atoms with Crippen LogP contribution in [0.25, 0.3) is 0 Å². The Labute approximate surface area is 122 Å². The van der Waals surface area contributed by atoms with Crippen molar-refractivity contribution in [1.29, 1.82) is 0 Å². The Kier molecular flexibility index (Phi) is 2.44. The first kappa shape index (κ1) is 12.5. The standard InChI is InChI=1S/C14H12N4O2S/c1-9-13-11(7-8-15-9)12-14(21(13,19)20)16-17-18(12)10-5-3-2-4-6-10/h2-8,12,14H,1H3/t12-,14+/m0/s1. The lowest BCUT2D eigenvalue weighted by Crippen LogP contribution is -2.25. The Bertz CT molecular complexity index is 849. The van der Waals surface area contributed by atoms with Crippen LogP contribution < -0.4 is 5.01 Å². The van der Waals surface area contributed by atoms with Gasteiger partial charge in [-0.1, -0.05) is 23.4 Å². The minimum atomic E-state index is -3.52. The zero-order valence-corrected chi connectivity index (χ0v) is 12.0. The summed E-state index contributed by atoms with van der Waals surface area (Å²) in [4.78, 5) is 4.41. The third-order valence-corrected chi connectivity index (χ3v) is 5.94. The first-order valence-corrected chi connectivity index (χ1v) is 8.10. The molecule has 7 heteroatoms. The van der Waals surface area contributed by atoms with Gasteiger partial charge in [-0.05, 0) is 25.1 Å². The Morgan fingerprint density at radius 1 is 1.14 bits per heavy atom. The van der Waals surface area contributed by atoms with Crippen molar-refractivity contribution in [2.24, 2.45) is 10.3 Å². The maximum Gasteiger partial charge on any atom is 0.207 e. The van der Waals surface area contributed by atoms with Crippen molar-refractivity contribution in [2.75, 3.05) is 5.01 Å². The number of para-hydroxylation sites is 1. The van der Waals surface area contributed by atoms with E-state index in [0.717, 1.165) is 11.3 Å². The van der Waals surface area contributed by atoms with E-state index < -0.39 is 21.3 Å². The summed E-state index contributed by atoms with van der Waals surface area (Å²) in [6.07, 6.45) is 1.63. The molecule has 21 heavy (non-hydrogen) atoms. The molecule has 0 aliphatic carbocycles. The molecule has 6 nitrogen and oxygen atoms in total. The average molecular weight is 300 g/mol. The third-order valence-electron chi connectivity index (χ3n) is 3.85. The van der Waals surface area contributed by atoms with Gasteiger partial charge in [0.15, 0.2) is 0 Å². The molecule has 0 saturated heterocycles. The van der Waals surface area contributed by atoms with Crippen LogP contribution >= 0.6 is 0 Å². The summed E-state index contributed by atoms with van der Waals surface area (Å²) in [5.74, 6) is 0. The predicted molar refractivity (Wildman–Crippen MR) is 76.5 cm³/mol. The molecule has 3 heterocycles. The third kappa shape index (κ3) is 1.58. The Morgan fingerprint density at radius 3 is 2.67 bits per heavy atom. The molecule has 0 radical (unpaired) electrons. The average Bonchev–Trinajstić information content (AvgIpc) is 3.01. The Morgan fingerprint density at radius 2 is 1.90 bits per heavy atom. The zero-order valence-electron chi connectivity index (χ0n) is 11.2. The van der Waals surface area contributed by atoms with Crippen molar-refractivity contribution in [3.63, 3.8) is 0 Å². The summed E-state index contributed by atoms with van der Waals surface area (Å²) in [6.45, 7) is 1.71. The van der Waals surface area contributed by atoms with Crippen molar-refractivity contribution >= 4 is 15.5 Å². The highest BCUT2D eigenvalue weighted by atomic mass is 32.2. The number of anilines is 1. The molecular weight excluding hydrogens is 288 g/mol. The number of sulfone groups is 1. The number of hydrogen-bond donors (Lipinski definition) is 0. The summed E-state index contributed by atoms with van der Waals surface area (Å²) in [7, 11) is -3.52. The fourth-order valence-corrected chi connectivity index (χ4v) is 4.94. The van der Waals surface area contributed by atoms with Gasteiger partial charge >= 0.3 is 0 Å². The normalized spacial score (nSPS) is 24.9. The zero-order chi connectivity index (χ0) is 14.6. The SMILES string of the molecule is Cc1nccc2c1S(=O)(=O)[C@H]1N=NN(c3ccccc3)[C@@H]21. The predicted octanol–water partition coefficient (Wildman–Crippen LogP) is 2.43. The number of pyridine rings is 1. The van der Waals surface area contributed by atoms with Gasteiger partial charge in [0.05, 0.1) is 16.3 Å². The molecule has 0 fully saturated rings. The van der Waals surface area contributed by atoms with Gasteiger partial charge in [-0.25, -0.2) is 13.4 Å². The fourth-order valence-electron chi connectivity index (χ4n) is 2.95. The van der Waals surface area contributed by atoms with Crippen molar-refractivity contribution in [2.45, 2.75) is 23.2 Å². The monoisotopic (exact) mass is 300 g/mol. The lowest BCUT2D eigenvalue weighted by molar-refractivity contribution is 0.582. The van der Waals surface area contributed by atoms with E-state index in [9.17, 15) is 8.42 Å². The molecule has 0 unspecified atom stereocenters. The molecular formula is C14H12N4O2S. The molecule has 0 amide bonds. The van der Waals surface area contributed by atoms with Crippen LogP contribution in [0.15, 0.2) is 57.8 Å². The van der Waals surface area contributed by atoms with Gasteiger partial charge in [0.25, 0.3) is 0 Å². The van der Waals surface area contributed by atoms with Crippen molar-refractivity contribution in [3.8, 4) is 0 Å². The highest BCUT2D eigenvalue weighted by Gasteiger charge is 2.52. The maximum absolute atomic E-state index is 12.6. The van der Waals surface area contributed by atoms with Gasteiger partial charge in [-0.3, -0.25) is 4.98 Å². The number of nitrogens with zero attached hydrogens (tertiary/aromatic N) is 4. The molecule has 2 aliphatic heterocycles. The molecule has 1 aromatic heterocycles. The van der Waals surface area contributed by atoms with Crippen molar-refractivity contribution in [1.82, 2.24) is 4.98 Å². The summed E-state index contributed by atoms with van der Waals surface area (Å²) in [5, 5.41) is 8.87. The number of aryl methyl sites for hydroxylation is 1. The van der Waals surface area contributed by atoms with E-state index in [1.807, 2.05) is 30.3 Å². The van der Waals surface area contributed by atoms with Crippen LogP contribution in [0.3, 0.4) is 0 Å². The molecule has 2 atom stereocenters. The number of aromatic nitrogens is 1. The van der Waals surface area contributed by atoms with Gasteiger partial charge < -0.3 is 0 Å². The van der Waals surface area contributed by atoms with E-state index in [1.165, 1.54) is 0 Å². The quantitative estimate of drug-likeness (QED) is 0.810. The molecule has 4 rings (SSSR count). The van der Waals surface area contributed by atoms with Crippen LogP contribution in [0.1, 0.15) is 17.3 Å². The first-order valence-electron chi connectivity index (χ1n) is 6.55. The first-order chi connectivity index (χ1) is 10.1. The second-order valence-electron chi connectivity index (χ2n) is 5.08. The molecule has 2 aliphatic rings. The van der Waals surface area contributed by atoms with Crippen molar-refractivity contribution < 1.29 is 8.42 Å².